The second-order valence-electron chi connectivity index (χ2n) is 5.34. The summed E-state index contributed by atoms with van der Waals surface area (Å²) in [5.74, 6) is -0.641. The van der Waals surface area contributed by atoms with Gasteiger partial charge >= 0.3 is 0 Å². The van der Waals surface area contributed by atoms with Crippen LogP contribution in [0.25, 0.3) is 0 Å². The van der Waals surface area contributed by atoms with E-state index in [1.54, 1.807) is 13.0 Å². The maximum Gasteiger partial charge on any atom is 0.264 e. The van der Waals surface area contributed by atoms with Gasteiger partial charge in [0.15, 0.2) is 0 Å². The highest BCUT2D eigenvalue weighted by molar-refractivity contribution is 7.86. The topological polar surface area (TPSA) is 78.9 Å². The highest BCUT2D eigenvalue weighted by Gasteiger charge is 2.29. The Balaban J connectivity index is 4.88. The standard InChI is InChI=1S/C14H26O6S/c1-7-14(4,19-10-18-5)9-8-13(11(2)12(3)15)20-21(6,16)17/h7,11,13H,1,8-10H2,2-6H3/t11-,13-,14+/m1/s1. The molecule has 0 amide bonds. The van der Waals surface area contributed by atoms with Gasteiger partial charge in [0.05, 0.1) is 18.0 Å². The lowest BCUT2D eigenvalue weighted by Crippen LogP contribution is -2.34. The van der Waals surface area contributed by atoms with Crippen LogP contribution in [-0.2, 0) is 28.6 Å². The zero-order valence-corrected chi connectivity index (χ0v) is 14.2. The van der Waals surface area contributed by atoms with Gasteiger partial charge in [-0.2, -0.15) is 8.42 Å². The van der Waals surface area contributed by atoms with Crippen molar-refractivity contribution < 1.29 is 26.9 Å². The van der Waals surface area contributed by atoms with Gasteiger partial charge in [-0.1, -0.05) is 13.0 Å². The number of carbonyl (C=O) groups excluding carboxylic acids is 1. The number of methoxy groups -OCH3 is 1. The van der Waals surface area contributed by atoms with Crippen LogP contribution >= 0.6 is 0 Å². The zero-order valence-electron chi connectivity index (χ0n) is 13.4. The minimum absolute atomic E-state index is 0.0996. The van der Waals surface area contributed by atoms with Crippen LogP contribution in [0.5, 0.6) is 0 Å². The predicted molar refractivity (Wildman–Crippen MR) is 80.4 cm³/mol. The number of Topliss-reactive ketones (excluding diaryl/α,β-unsaturated/α-hetero) is 1. The molecule has 0 aliphatic rings. The Kier molecular flexibility index (Phi) is 8.31. The van der Waals surface area contributed by atoms with E-state index < -0.39 is 27.7 Å². The molecule has 0 unspecified atom stereocenters. The van der Waals surface area contributed by atoms with E-state index in [0.29, 0.717) is 12.8 Å². The van der Waals surface area contributed by atoms with Gasteiger partial charge in [0, 0.05) is 13.0 Å². The van der Waals surface area contributed by atoms with Crippen LogP contribution in [0.15, 0.2) is 12.7 Å². The van der Waals surface area contributed by atoms with E-state index in [1.165, 1.54) is 14.0 Å². The van der Waals surface area contributed by atoms with Gasteiger partial charge in [-0.25, -0.2) is 0 Å². The lowest BCUT2D eigenvalue weighted by atomic mass is 9.91. The summed E-state index contributed by atoms with van der Waals surface area (Å²) in [5, 5.41) is 0. The Morgan fingerprint density at radius 2 is 2.00 bits per heavy atom. The van der Waals surface area contributed by atoms with Crippen molar-refractivity contribution in [1.82, 2.24) is 0 Å². The van der Waals surface area contributed by atoms with Gasteiger partial charge < -0.3 is 9.47 Å². The fraction of sp³-hybridized carbons (Fsp3) is 0.786. The lowest BCUT2D eigenvalue weighted by Gasteiger charge is -2.29. The number of rotatable bonds is 11. The van der Waals surface area contributed by atoms with E-state index in [1.807, 2.05) is 6.92 Å². The fourth-order valence-corrected chi connectivity index (χ4v) is 2.44. The first-order valence-electron chi connectivity index (χ1n) is 6.70. The molecule has 7 heteroatoms. The van der Waals surface area contributed by atoms with E-state index in [4.69, 9.17) is 13.7 Å². The summed E-state index contributed by atoms with van der Waals surface area (Å²) in [6.07, 6.45) is 2.68. The second-order valence-corrected chi connectivity index (χ2v) is 6.95. The van der Waals surface area contributed by atoms with Gasteiger partial charge in [-0.3, -0.25) is 8.98 Å². The molecule has 0 rings (SSSR count). The summed E-state index contributed by atoms with van der Waals surface area (Å²) in [6, 6.07) is 0. The van der Waals surface area contributed by atoms with Crippen LogP contribution in [-0.4, -0.2) is 46.1 Å². The molecule has 0 radical (unpaired) electrons. The van der Waals surface area contributed by atoms with Crippen molar-refractivity contribution in [2.75, 3.05) is 20.2 Å². The molecule has 0 saturated heterocycles. The van der Waals surface area contributed by atoms with Gasteiger partial charge in [0.25, 0.3) is 10.1 Å². The molecule has 0 saturated carbocycles. The van der Waals surface area contributed by atoms with Gasteiger partial charge in [0.1, 0.15) is 12.6 Å². The maximum absolute atomic E-state index is 11.5. The van der Waals surface area contributed by atoms with Crippen molar-refractivity contribution in [3.05, 3.63) is 12.7 Å². The van der Waals surface area contributed by atoms with Gasteiger partial charge in [-0.05, 0) is 26.7 Å². The smallest absolute Gasteiger partial charge is 0.264 e. The summed E-state index contributed by atoms with van der Waals surface area (Å²) in [6.45, 7) is 8.69. The summed E-state index contributed by atoms with van der Waals surface area (Å²) >= 11 is 0. The summed E-state index contributed by atoms with van der Waals surface area (Å²) in [7, 11) is -2.13. The predicted octanol–water partition coefficient (Wildman–Crippen LogP) is 1.90. The number of hydrogen-bond donors (Lipinski definition) is 0. The Bertz CT molecular complexity index is 444. The molecular weight excluding hydrogens is 296 g/mol. The number of hydrogen-bond acceptors (Lipinski definition) is 6. The summed E-state index contributed by atoms with van der Waals surface area (Å²) < 4.78 is 38.1. The van der Waals surface area contributed by atoms with E-state index in [2.05, 4.69) is 6.58 Å². The second kappa shape index (κ2) is 8.63. The highest BCUT2D eigenvalue weighted by Crippen LogP contribution is 2.25. The maximum atomic E-state index is 11.5. The Morgan fingerprint density at radius 1 is 1.43 bits per heavy atom. The first-order chi connectivity index (χ1) is 9.54. The van der Waals surface area contributed by atoms with Crippen LogP contribution in [0.4, 0.5) is 0 Å². The Hall–Kier alpha value is -0.760. The average Bonchev–Trinajstić information content (AvgIpc) is 2.39. The molecule has 3 atom stereocenters. The third kappa shape index (κ3) is 8.31. The fourth-order valence-electron chi connectivity index (χ4n) is 1.72. The molecule has 0 bridgehead atoms. The third-order valence-corrected chi connectivity index (χ3v) is 3.96. The van der Waals surface area contributed by atoms with Crippen molar-refractivity contribution in [2.45, 2.75) is 45.3 Å². The number of ether oxygens (including phenoxy) is 2. The minimum atomic E-state index is -3.64. The number of carbonyl (C=O) groups is 1. The highest BCUT2D eigenvalue weighted by atomic mass is 32.2. The van der Waals surface area contributed by atoms with Crippen LogP contribution in [0.3, 0.4) is 0 Å². The molecule has 0 aliphatic heterocycles. The summed E-state index contributed by atoms with van der Waals surface area (Å²) in [4.78, 5) is 11.5. The quantitative estimate of drug-likeness (QED) is 0.328. The first-order valence-corrected chi connectivity index (χ1v) is 8.51. The molecule has 0 spiro atoms. The van der Waals surface area contributed by atoms with Gasteiger partial charge in [-0.15, -0.1) is 6.58 Å². The number of ketones is 1. The van der Waals surface area contributed by atoms with E-state index in [-0.39, 0.29) is 12.6 Å². The normalized spacial score (nSPS) is 17.8. The van der Waals surface area contributed by atoms with Crippen LogP contribution in [0.1, 0.15) is 33.6 Å². The Morgan fingerprint density at radius 3 is 2.38 bits per heavy atom. The van der Waals surface area contributed by atoms with Gasteiger partial charge in [0.2, 0.25) is 0 Å². The minimum Gasteiger partial charge on any atom is -0.359 e. The van der Waals surface area contributed by atoms with E-state index in [0.717, 1.165) is 6.26 Å². The molecule has 0 aliphatic carbocycles. The van der Waals surface area contributed by atoms with Crippen molar-refractivity contribution >= 4 is 15.9 Å². The monoisotopic (exact) mass is 322 g/mol. The molecule has 0 N–H and O–H groups in total. The molecule has 0 aromatic carbocycles. The van der Waals surface area contributed by atoms with Crippen molar-refractivity contribution in [3.8, 4) is 0 Å². The molecule has 124 valence electrons. The van der Waals surface area contributed by atoms with Crippen LogP contribution in [0.2, 0.25) is 0 Å². The molecule has 0 aromatic heterocycles. The molecule has 6 nitrogen and oxygen atoms in total. The van der Waals surface area contributed by atoms with Crippen LogP contribution in [0, 0.1) is 5.92 Å². The third-order valence-electron chi connectivity index (χ3n) is 3.36. The Labute approximate surface area is 127 Å². The first kappa shape index (κ1) is 20.2. The lowest BCUT2D eigenvalue weighted by molar-refractivity contribution is -0.124. The average molecular weight is 322 g/mol. The molecule has 0 heterocycles. The van der Waals surface area contributed by atoms with Crippen molar-refractivity contribution in [2.24, 2.45) is 5.92 Å². The van der Waals surface area contributed by atoms with Crippen molar-refractivity contribution in [3.63, 3.8) is 0 Å². The van der Waals surface area contributed by atoms with Crippen molar-refractivity contribution in [1.29, 1.82) is 0 Å². The molecule has 21 heavy (non-hydrogen) atoms. The molecule has 0 fully saturated rings. The zero-order chi connectivity index (χ0) is 16.7. The largest absolute Gasteiger partial charge is 0.359 e. The van der Waals surface area contributed by atoms with Crippen LogP contribution < -0.4 is 0 Å². The SMILES string of the molecule is C=C[C@@](C)(CC[C@@H](OS(C)(=O)=O)[C@H](C)C(C)=O)OCOC. The van der Waals surface area contributed by atoms with E-state index >= 15 is 0 Å². The molecule has 0 aromatic rings. The molecular formula is C14H26O6S. The van der Waals surface area contributed by atoms with E-state index in [9.17, 15) is 13.2 Å². The summed E-state index contributed by atoms with van der Waals surface area (Å²) in [5.41, 5.74) is -0.675.